The number of anilines is 1. The summed E-state index contributed by atoms with van der Waals surface area (Å²) < 4.78 is 26.6. The molecule has 30 heavy (non-hydrogen) atoms. The summed E-state index contributed by atoms with van der Waals surface area (Å²) in [5.74, 6) is 1.30. The maximum Gasteiger partial charge on any atom is 0.228 e. The maximum absolute atomic E-state index is 12.8. The Hall–Kier alpha value is -2.32. The Balaban J connectivity index is 1.67. The van der Waals surface area contributed by atoms with Gasteiger partial charge < -0.3 is 0 Å². The van der Waals surface area contributed by atoms with Gasteiger partial charge in [-0.05, 0) is 45.1 Å². The van der Waals surface area contributed by atoms with Gasteiger partial charge in [-0.15, -0.1) is 0 Å². The third-order valence-electron chi connectivity index (χ3n) is 6.05. The predicted octanol–water partition coefficient (Wildman–Crippen LogP) is 2.79. The lowest BCUT2D eigenvalue weighted by Gasteiger charge is -2.31. The van der Waals surface area contributed by atoms with Gasteiger partial charge in [-0.1, -0.05) is 30.3 Å². The van der Waals surface area contributed by atoms with E-state index >= 15 is 0 Å². The monoisotopic (exact) mass is 428 g/mol. The SMILES string of the molecule is CCS(=O)(=O)N1CCC[C@@H]1c1nc(C)c2c(n1)N(CCc1ccccc1)C(=O)CC2. The zero-order valence-electron chi connectivity index (χ0n) is 17.5. The molecule has 0 spiro atoms. The first-order chi connectivity index (χ1) is 14.4. The van der Waals surface area contributed by atoms with Crippen molar-refractivity contribution in [1.29, 1.82) is 0 Å². The van der Waals surface area contributed by atoms with Crippen molar-refractivity contribution in [3.05, 3.63) is 53.0 Å². The third-order valence-corrected chi connectivity index (χ3v) is 7.93. The Labute approximate surface area is 178 Å². The van der Waals surface area contributed by atoms with E-state index < -0.39 is 10.0 Å². The fourth-order valence-corrected chi connectivity index (χ4v) is 5.69. The molecule has 4 rings (SSSR count). The van der Waals surface area contributed by atoms with Crippen LogP contribution in [0.4, 0.5) is 5.82 Å². The topological polar surface area (TPSA) is 83.5 Å². The van der Waals surface area contributed by atoms with Gasteiger partial charge in [0.25, 0.3) is 0 Å². The summed E-state index contributed by atoms with van der Waals surface area (Å²) in [5, 5.41) is 0. The van der Waals surface area contributed by atoms with E-state index in [0.717, 1.165) is 24.1 Å². The molecule has 2 aliphatic rings. The molecular formula is C22H28N4O3S. The number of amides is 1. The smallest absolute Gasteiger partial charge is 0.228 e. The predicted molar refractivity (Wildman–Crippen MR) is 116 cm³/mol. The van der Waals surface area contributed by atoms with Crippen LogP contribution in [0.15, 0.2) is 30.3 Å². The highest BCUT2D eigenvalue weighted by molar-refractivity contribution is 7.89. The molecule has 8 heteroatoms. The number of aryl methyl sites for hydroxylation is 1. The first-order valence-corrected chi connectivity index (χ1v) is 12.2. The molecule has 1 aromatic heterocycles. The molecule has 3 heterocycles. The minimum atomic E-state index is -3.33. The summed E-state index contributed by atoms with van der Waals surface area (Å²) in [4.78, 5) is 24.0. The van der Waals surface area contributed by atoms with Gasteiger partial charge in [0, 0.05) is 30.8 Å². The fourth-order valence-electron chi connectivity index (χ4n) is 4.37. The van der Waals surface area contributed by atoms with Crippen LogP contribution in [0.3, 0.4) is 0 Å². The second kappa shape index (κ2) is 8.43. The summed E-state index contributed by atoms with van der Waals surface area (Å²) in [6, 6.07) is 9.72. The zero-order chi connectivity index (χ0) is 21.3. The molecule has 160 valence electrons. The van der Waals surface area contributed by atoms with Gasteiger partial charge in [0.05, 0.1) is 11.8 Å². The summed E-state index contributed by atoms with van der Waals surface area (Å²) in [5.41, 5.74) is 3.00. The van der Waals surface area contributed by atoms with Crippen LogP contribution in [-0.2, 0) is 27.7 Å². The fraction of sp³-hybridized carbons (Fsp3) is 0.500. The highest BCUT2D eigenvalue weighted by Crippen LogP contribution is 2.36. The van der Waals surface area contributed by atoms with Crippen molar-refractivity contribution in [2.75, 3.05) is 23.7 Å². The number of hydrogen-bond acceptors (Lipinski definition) is 5. The van der Waals surface area contributed by atoms with Gasteiger partial charge in [-0.2, -0.15) is 4.31 Å². The Morgan fingerprint density at radius 1 is 1.13 bits per heavy atom. The Morgan fingerprint density at radius 3 is 2.63 bits per heavy atom. The van der Waals surface area contributed by atoms with Crippen molar-refractivity contribution >= 4 is 21.7 Å². The highest BCUT2D eigenvalue weighted by Gasteiger charge is 2.37. The number of carbonyl (C=O) groups is 1. The number of nitrogens with zero attached hydrogens (tertiary/aromatic N) is 4. The normalized spacial score (nSPS) is 19.9. The van der Waals surface area contributed by atoms with Crippen LogP contribution in [-0.4, -0.2) is 47.4 Å². The van der Waals surface area contributed by atoms with Gasteiger partial charge in [0.1, 0.15) is 11.6 Å². The standard InChI is InChI=1S/C22H28N4O3S/c1-3-30(28,29)26-14-7-10-19(26)21-23-16(2)18-11-12-20(27)25(22(18)24-21)15-13-17-8-5-4-6-9-17/h4-6,8-9,19H,3,7,10-15H2,1-2H3/t19-/m1/s1. The molecular weight excluding hydrogens is 400 g/mol. The van der Waals surface area contributed by atoms with Crippen LogP contribution in [0.2, 0.25) is 0 Å². The third kappa shape index (κ3) is 3.98. The molecule has 0 aliphatic carbocycles. The van der Waals surface area contributed by atoms with E-state index in [1.54, 1.807) is 11.8 Å². The number of benzene rings is 1. The molecule has 1 fully saturated rings. The summed E-state index contributed by atoms with van der Waals surface area (Å²) >= 11 is 0. The number of hydrogen-bond donors (Lipinski definition) is 0. The lowest BCUT2D eigenvalue weighted by atomic mass is 10.0. The van der Waals surface area contributed by atoms with E-state index in [-0.39, 0.29) is 17.7 Å². The van der Waals surface area contributed by atoms with Crippen molar-refractivity contribution < 1.29 is 13.2 Å². The van der Waals surface area contributed by atoms with Crippen LogP contribution >= 0.6 is 0 Å². The van der Waals surface area contributed by atoms with E-state index in [0.29, 0.717) is 44.0 Å². The summed E-state index contributed by atoms with van der Waals surface area (Å²) in [7, 11) is -3.33. The number of aromatic nitrogens is 2. The average Bonchev–Trinajstić information content (AvgIpc) is 3.24. The van der Waals surface area contributed by atoms with E-state index in [1.807, 2.05) is 25.1 Å². The van der Waals surface area contributed by atoms with E-state index in [9.17, 15) is 13.2 Å². The highest BCUT2D eigenvalue weighted by atomic mass is 32.2. The second-order valence-electron chi connectivity index (χ2n) is 7.92. The minimum Gasteiger partial charge on any atom is -0.296 e. The van der Waals surface area contributed by atoms with E-state index in [2.05, 4.69) is 17.1 Å². The van der Waals surface area contributed by atoms with E-state index in [4.69, 9.17) is 4.98 Å². The van der Waals surface area contributed by atoms with Gasteiger partial charge in [0.15, 0.2) is 0 Å². The maximum atomic E-state index is 12.8. The van der Waals surface area contributed by atoms with E-state index in [1.165, 1.54) is 9.87 Å². The Kier molecular flexibility index (Phi) is 5.88. The molecule has 1 amide bonds. The molecule has 7 nitrogen and oxygen atoms in total. The van der Waals surface area contributed by atoms with Crippen LogP contribution in [0.1, 0.15) is 54.9 Å². The largest absolute Gasteiger partial charge is 0.296 e. The molecule has 2 aliphatic heterocycles. The lowest BCUT2D eigenvalue weighted by molar-refractivity contribution is -0.118. The lowest BCUT2D eigenvalue weighted by Crippen LogP contribution is -2.39. The summed E-state index contributed by atoms with van der Waals surface area (Å²) in [6.07, 6.45) is 3.31. The quantitative estimate of drug-likeness (QED) is 0.706. The number of rotatable bonds is 6. The average molecular weight is 429 g/mol. The molecule has 0 saturated carbocycles. The van der Waals surface area contributed by atoms with Crippen LogP contribution in [0, 0.1) is 6.92 Å². The van der Waals surface area contributed by atoms with Crippen LogP contribution in [0.5, 0.6) is 0 Å². The molecule has 1 atom stereocenters. The van der Waals surface area contributed by atoms with Crippen molar-refractivity contribution in [3.63, 3.8) is 0 Å². The van der Waals surface area contributed by atoms with Crippen LogP contribution < -0.4 is 4.90 Å². The van der Waals surface area contributed by atoms with Gasteiger partial charge >= 0.3 is 0 Å². The Morgan fingerprint density at radius 2 is 1.90 bits per heavy atom. The molecule has 1 aromatic carbocycles. The zero-order valence-corrected chi connectivity index (χ0v) is 18.4. The van der Waals surface area contributed by atoms with Crippen molar-refractivity contribution in [3.8, 4) is 0 Å². The van der Waals surface area contributed by atoms with Gasteiger partial charge in [0.2, 0.25) is 15.9 Å². The number of sulfonamides is 1. The van der Waals surface area contributed by atoms with Crippen LogP contribution in [0.25, 0.3) is 0 Å². The Bertz CT molecular complexity index is 1040. The first kappa shape index (κ1) is 20.9. The molecule has 0 radical (unpaired) electrons. The molecule has 0 bridgehead atoms. The molecule has 1 saturated heterocycles. The second-order valence-corrected chi connectivity index (χ2v) is 10.1. The molecule has 0 unspecified atom stereocenters. The van der Waals surface area contributed by atoms with Crippen molar-refractivity contribution in [1.82, 2.24) is 14.3 Å². The van der Waals surface area contributed by atoms with Gasteiger partial charge in [-0.25, -0.2) is 18.4 Å². The first-order valence-electron chi connectivity index (χ1n) is 10.6. The van der Waals surface area contributed by atoms with Crippen molar-refractivity contribution in [2.45, 2.75) is 52.0 Å². The number of carbonyl (C=O) groups excluding carboxylic acids is 1. The minimum absolute atomic E-state index is 0.0620. The van der Waals surface area contributed by atoms with Crippen molar-refractivity contribution in [2.24, 2.45) is 0 Å². The summed E-state index contributed by atoms with van der Waals surface area (Å²) in [6.45, 7) is 4.64. The molecule has 0 N–H and O–H groups in total. The molecule has 2 aromatic rings. The number of fused-ring (bicyclic) bond motifs is 1. The van der Waals surface area contributed by atoms with Gasteiger partial charge in [-0.3, -0.25) is 9.69 Å².